The number of halogens is 1. The number of rotatable bonds is 4. The zero-order valence-corrected chi connectivity index (χ0v) is 16.3. The highest BCUT2D eigenvalue weighted by atomic mass is 79.9. The molecule has 1 aliphatic heterocycles. The quantitative estimate of drug-likeness (QED) is 0.835. The summed E-state index contributed by atoms with van der Waals surface area (Å²) in [6.07, 6.45) is -0.363. The van der Waals surface area contributed by atoms with Crippen LogP contribution in [0, 0.1) is 0 Å². The Hall–Kier alpha value is -1.92. The number of hydrogen-bond donors (Lipinski definition) is 1. The van der Waals surface area contributed by atoms with Crippen LogP contribution in [0.3, 0.4) is 0 Å². The molecule has 0 radical (unpaired) electrons. The van der Waals surface area contributed by atoms with Crippen LogP contribution < -0.4 is 19.1 Å². The Morgan fingerprint density at radius 1 is 1.16 bits per heavy atom. The Balaban J connectivity index is 2.09. The van der Waals surface area contributed by atoms with E-state index in [1.807, 2.05) is 37.2 Å². The number of anilines is 1. The summed E-state index contributed by atoms with van der Waals surface area (Å²) in [6, 6.07) is 10.0. The lowest BCUT2D eigenvalue weighted by molar-refractivity contribution is -0.0358. The smallest absolute Gasteiger partial charge is 0.198 e. The topological polar surface area (TPSA) is 51.2 Å². The lowest BCUT2D eigenvalue weighted by Crippen LogP contribution is -2.26. The highest BCUT2D eigenvalue weighted by molar-refractivity contribution is 9.10. The van der Waals surface area contributed by atoms with E-state index >= 15 is 0 Å². The van der Waals surface area contributed by atoms with Gasteiger partial charge in [0.1, 0.15) is 5.75 Å². The van der Waals surface area contributed by atoms with Crippen molar-refractivity contribution >= 4 is 21.6 Å². The van der Waals surface area contributed by atoms with Crippen LogP contribution in [0.25, 0.3) is 0 Å². The SMILES string of the molecule is COc1cc(C2CC(O)Oc3cc(N(C)C)ccc32)cc(Br)c1OC. The Labute approximate surface area is 156 Å². The van der Waals surface area contributed by atoms with E-state index in [1.54, 1.807) is 14.2 Å². The first-order valence-corrected chi connectivity index (χ1v) is 8.81. The molecule has 1 N–H and O–H groups in total. The number of ether oxygens (including phenoxy) is 3. The van der Waals surface area contributed by atoms with Crippen molar-refractivity contribution in [3.63, 3.8) is 0 Å². The second-order valence-corrected chi connectivity index (χ2v) is 7.07. The van der Waals surface area contributed by atoms with Gasteiger partial charge in [-0.2, -0.15) is 0 Å². The van der Waals surface area contributed by atoms with E-state index in [2.05, 4.69) is 28.1 Å². The van der Waals surface area contributed by atoms with Crippen molar-refractivity contribution in [1.82, 2.24) is 0 Å². The van der Waals surface area contributed by atoms with Gasteiger partial charge in [-0.1, -0.05) is 6.07 Å². The van der Waals surface area contributed by atoms with Gasteiger partial charge in [-0.15, -0.1) is 0 Å². The van der Waals surface area contributed by atoms with Crippen LogP contribution in [-0.2, 0) is 0 Å². The van der Waals surface area contributed by atoms with E-state index in [4.69, 9.17) is 14.2 Å². The van der Waals surface area contributed by atoms with E-state index in [0.717, 1.165) is 21.3 Å². The molecule has 0 aliphatic carbocycles. The molecule has 2 aromatic carbocycles. The maximum Gasteiger partial charge on any atom is 0.198 e. The third-order valence-electron chi connectivity index (χ3n) is 4.45. The first kappa shape index (κ1) is 17.9. The predicted octanol–water partition coefficient (Wildman–Crippen LogP) is 3.77. The number of nitrogens with zero attached hydrogens (tertiary/aromatic N) is 1. The minimum Gasteiger partial charge on any atom is -0.493 e. The molecule has 3 rings (SSSR count). The van der Waals surface area contributed by atoms with Crippen LogP contribution in [-0.4, -0.2) is 39.7 Å². The summed E-state index contributed by atoms with van der Waals surface area (Å²) in [5.74, 6) is 2.02. The summed E-state index contributed by atoms with van der Waals surface area (Å²) in [4.78, 5) is 2.01. The lowest BCUT2D eigenvalue weighted by atomic mass is 9.85. The fraction of sp³-hybridized carbons (Fsp3) is 0.368. The summed E-state index contributed by atoms with van der Waals surface area (Å²) in [5, 5.41) is 10.2. The van der Waals surface area contributed by atoms with E-state index in [0.29, 0.717) is 23.7 Å². The van der Waals surface area contributed by atoms with Gasteiger partial charge in [0.05, 0.1) is 18.7 Å². The molecule has 5 nitrogen and oxygen atoms in total. The Bertz CT molecular complexity index is 778. The van der Waals surface area contributed by atoms with E-state index in [1.165, 1.54) is 0 Å². The van der Waals surface area contributed by atoms with Crippen LogP contribution >= 0.6 is 15.9 Å². The maximum atomic E-state index is 10.2. The highest BCUT2D eigenvalue weighted by Crippen LogP contribution is 2.45. The molecule has 0 aromatic heterocycles. The van der Waals surface area contributed by atoms with Gasteiger partial charge in [0.15, 0.2) is 17.8 Å². The lowest BCUT2D eigenvalue weighted by Gasteiger charge is -2.31. The molecule has 0 spiro atoms. The van der Waals surface area contributed by atoms with Gasteiger partial charge in [0.2, 0.25) is 0 Å². The first-order chi connectivity index (χ1) is 11.9. The number of methoxy groups -OCH3 is 2. The minimum atomic E-state index is -0.846. The molecular weight excluding hydrogens is 386 g/mol. The molecule has 0 saturated heterocycles. The van der Waals surface area contributed by atoms with Crippen molar-refractivity contribution in [3.8, 4) is 17.2 Å². The number of fused-ring (bicyclic) bond motifs is 1. The van der Waals surface area contributed by atoms with Gasteiger partial charge in [0.25, 0.3) is 0 Å². The molecule has 2 unspecified atom stereocenters. The molecule has 0 fully saturated rings. The van der Waals surface area contributed by atoms with Crippen molar-refractivity contribution in [2.75, 3.05) is 33.2 Å². The predicted molar refractivity (Wildman–Crippen MR) is 101 cm³/mol. The van der Waals surface area contributed by atoms with Crippen LogP contribution in [0.1, 0.15) is 23.5 Å². The van der Waals surface area contributed by atoms with Gasteiger partial charge >= 0.3 is 0 Å². The molecule has 0 amide bonds. The van der Waals surface area contributed by atoms with E-state index in [9.17, 15) is 5.11 Å². The van der Waals surface area contributed by atoms with Gasteiger partial charge in [-0.05, 0) is 39.7 Å². The normalized spacial score (nSPS) is 19.0. The Morgan fingerprint density at radius 2 is 1.92 bits per heavy atom. The first-order valence-electron chi connectivity index (χ1n) is 8.02. The molecule has 134 valence electrons. The zero-order valence-electron chi connectivity index (χ0n) is 14.7. The number of benzene rings is 2. The van der Waals surface area contributed by atoms with Crippen molar-refractivity contribution in [3.05, 3.63) is 45.9 Å². The summed E-state index contributed by atoms with van der Waals surface area (Å²) in [5.41, 5.74) is 3.11. The third-order valence-corrected chi connectivity index (χ3v) is 5.04. The molecule has 25 heavy (non-hydrogen) atoms. The minimum absolute atomic E-state index is 0.00562. The fourth-order valence-corrected chi connectivity index (χ4v) is 3.79. The van der Waals surface area contributed by atoms with Crippen LogP contribution in [0.15, 0.2) is 34.8 Å². The van der Waals surface area contributed by atoms with Crippen LogP contribution in [0.5, 0.6) is 17.2 Å². The van der Waals surface area contributed by atoms with Crippen molar-refractivity contribution < 1.29 is 19.3 Å². The largest absolute Gasteiger partial charge is 0.493 e. The van der Waals surface area contributed by atoms with E-state index < -0.39 is 6.29 Å². The van der Waals surface area contributed by atoms with Gasteiger partial charge < -0.3 is 24.2 Å². The number of aliphatic hydroxyl groups is 1. The standard InChI is InChI=1S/C19H22BrNO4/c1-21(2)12-5-6-13-14(10-18(22)25-16(13)9-12)11-7-15(20)19(24-4)17(8-11)23-3/h5-9,14,18,22H,10H2,1-4H3. The van der Waals surface area contributed by atoms with Crippen LogP contribution in [0.4, 0.5) is 5.69 Å². The summed E-state index contributed by atoms with van der Waals surface area (Å²) >= 11 is 3.55. The average molecular weight is 408 g/mol. The van der Waals surface area contributed by atoms with Crippen molar-refractivity contribution in [1.29, 1.82) is 0 Å². The zero-order chi connectivity index (χ0) is 18.1. The van der Waals surface area contributed by atoms with E-state index in [-0.39, 0.29) is 5.92 Å². The second kappa shape index (κ2) is 7.14. The third kappa shape index (κ3) is 3.41. The molecule has 1 aliphatic rings. The maximum absolute atomic E-state index is 10.2. The molecular formula is C19H22BrNO4. The Morgan fingerprint density at radius 3 is 2.56 bits per heavy atom. The van der Waals surface area contributed by atoms with Gasteiger partial charge in [0, 0.05) is 43.8 Å². The average Bonchev–Trinajstić information content (AvgIpc) is 2.59. The fourth-order valence-electron chi connectivity index (χ4n) is 3.17. The molecule has 2 aromatic rings. The molecule has 0 bridgehead atoms. The molecule has 0 saturated carbocycles. The summed E-state index contributed by atoms with van der Waals surface area (Å²) < 4.78 is 17.3. The van der Waals surface area contributed by atoms with Crippen molar-refractivity contribution in [2.45, 2.75) is 18.6 Å². The molecule has 1 heterocycles. The van der Waals surface area contributed by atoms with Gasteiger partial charge in [-0.25, -0.2) is 0 Å². The molecule has 6 heteroatoms. The Kier molecular flexibility index (Phi) is 5.11. The van der Waals surface area contributed by atoms with Crippen LogP contribution in [0.2, 0.25) is 0 Å². The second-order valence-electron chi connectivity index (χ2n) is 6.22. The number of aliphatic hydroxyl groups excluding tert-OH is 1. The monoisotopic (exact) mass is 407 g/mol. The highest BCUT2D eigenvalue weighted by Gasteiger charge is 2.30. The summed E-state index contributed by atoms with van der Waals surface area (Å²) in [6.45, 7) is 0. The van der Waals surface area contributed by atoms with Crippen molar-refractivity contribution in [2.24, 2.45) is 0 Å². The number of hydrogen-bond acceptors (Lipinski definition) is 5. The van der Waals surface area contributed by atoms with Gasteiger partial charge in [-0.3, -0.25) is 0 Å². The summed E-state index contributed by atoms with van der Waals surface area (Å²) in [7, 11) is 7.18. The molecule has 2 atom stereocenters.